The standard InChI is InChI=1S/C23H24N2O5S/c1-2-30-20-5-3-4-16(14-20)15-22(23(26)27)25-31(28,29)21-12-8-18(9-13-21)17-6-10-19(24)11-7-17/h3-14,22,25H,2,15,24H2,1H3,(H,26,27). The lowest BCUT2D eigenvalue weighted by atomic mass is 10.1. The summed E-state index contributed by atoms with van der Waals surface area (Å²) < 4.78 is 33.3. The largest absolute Gasteiger partial charge is 0.494 e. The van der Waals surface area contributed by atoms with Crippen LogP contribution in [0.15, 0.2) is 77.7 Å². The minimum absolute atomic E-state index is 0.0130. The smallest absolute Gasteiger partial charge is 0.322 e. The van der Waals surface area contributed by atoms with Crippen molar-refractivity contribution in [1.29, 1.82) is 0 Å². The van der Waals surface area contributed by atoms with Gasteiger partial charge in [-0.15, -0.1) is 0 Å². The maximum atomic E-state index is 12.8. The topological polar surface area (TPSA) is 119 Å². The number of ether oxygens (including phenoxy) is 1. The lowest BCUT2D eigenvalue weighted by Gasteiger charge is -2.16. The van der Waals surface area contributed by atoms with Crippen molar-refractivity contribution < 1.29 is 23.1 Å². The Morgan fingerprint density at radius 2 is 1.65 bits per heavy atom. The van der Waals surface area contributed by atoms with Gasteiger partial charge in [0.2, 0.25) is 10.0 Å². The average molecular weight is 441 g/mol. The van der Waals surface area contributed by atoms with E-state index in [0.29, 0.717) is 23.6 Å². The summed E-state index contributed by atoms with van der Waals surface area (Å²) in [4.78, 5) is 11.7. The molecular weight excluding hydrogens is 416 g/mol. The van der Waals surface area contributed by atoms with E-state index in [0.717, 1.165) is 11.1 Å². The number of hydrogen-bond acceptors (Lipinski definition) is 5. The molecule has 0 aliphatic carbocycles. The Hall–Kier alpha value is -3.36. The predicted molar refractivity (Wildman–Crippen MR) is 119 cm³/mol. The van der Waals surface area contributed by atoms with Crippen molar-refractivity contribution in [3.05, 3.63) is 78.4 Å². The van der Waals surface area contributed by atoms with Crippen LogP contribution in [0.3, 0.4) is 0 Å². The van der Waals surface area contributed by atoms with Gasteiger partial charge >= 0.3 is 5.97 Å². The Morgan fingerprint density at radius 3 is 2.23 bits per heavy atom. The molecule has 0 aromatic heterocycles. The number of aliphatic carboxylic acids is 1. The third-order valence-electron chi connectivity index (χ3n) is 4.65. The van der Waals surface area contributed by atoms with Crippen molar-refractivity contribution in [2.45, 2.75) is 24.3 Å². The van der Waals surface area contributed by atoms with E-state index < -0.39 is 22.0 Å². The number of nitrogens with two attached hydrogens (primary N) is 1. The van der Waals surface area contributed by atoms with Gasteiger partial charge in [0.15, 0.2) is 0 Å². The number of carboxylic acids is 1. The van der Waals surface area contributed by atoms with Crippen molar-refractivity contribution in [1.82, 2.24) is 4.72 Å². The molecule has 3 rings (SSSR count). The first-order valence-electron chi connectivity index (χ1n) is 9.71. The fourth-order valence-electron chi connectivity index (χ4n) is 3.10. The second-order valence-electron chi connectivity index (χ2n) is 6.94. The number of nitrogens with one attached hydrogen (secondary N) is 1. The average Bonchev–Trinajstić information content (AvgIpc) is 2.74. The highest BCUT2D eigenvalue weighted by Gasteiger charge is 2.26. The summed E-state index contributed by atoms with van der Waals surface area (Å²) >= 11 is 0. The Bertz CT molecular complexity index is 1140. The maximum Gasteiger partial charge on any atom is 0.322 e. The van der Waals surface area contributed by atoms with E-state index in [1.54, 1.807) is 48.5 Å². The molecule has 3 aromatic carbocycles. The number of benzene rings is 3. The molecule has 0 saturated heterocycles. The van der Waals surface area contributed by atoms with E-state index >= 15 is 0 Å². The molecule has 0 amide bonds. The van der Waals surface area contributed by atoms with Crippen LogP contribution in [0.4, 0.5) is 5.69 Å². The molecule has 0 saturated carbocycles. The minimum atomic E-state index is -4.03. The van der Waals surface area contributed by atoms with E-state index in [2.05, 4.69) is 4.72 Å². The second kappa shape index (κ2) is 9.63. The highest BCUT2D eigenvalue weighted by molar-refractivity contribution is 7.89. The van der Waals surface area contributed by atoms with Crippen LogP contribution in [0.5, 0.6) is 5.75 Å². The summed E-state index contributed by atoms with van der Waals surface area (Å²) in [5, 5.41) is 9.56. The Labute approximate surface area is 181 Å². The van der Waals surface area contributed by atoms with Crippen molar-refractivity contribution in [2.75, 3.05) is 12.3 Å². The molecule has 0 heterocycles. The van der Waals surface area contributed by atoms with Gasteiger partial charge in [-0.05, 0) is 66.4 Å². The molecular formula is C23H24N2O5S. The third kappa shape index (κ3) is 5.84. The molecule has 0 spiro atoms. The van der Waals surface area contributed by atoms with Gasteiger partial charge in [0, 0.05) is 5.69 Å². The number of carboxylic acid groups (broad SMARTS) is 1. The van der Waals surface area contributed by atoms with Crippen LogP contribution < -0.4 is 15.2 Å². The Morgan fingerprint density at radius 1 is 1.03 bits per heavy atom. The van der Waals surface area contributed by atoms with E-state index in [4.69, 9.17) is 10.5 Å². The normalized spacial score (nSPS) is 12.3. The number of sulfonamides is 1. The summed E-state index contributed by atoms with van der Waals surface area (Å²) in [6.07, 6.45) is -0.0149. The molecule has 0 aliphatic rings. The van der Waals surface area contributed by atoms with Crippen molar-refractivity contribution in [3.8, 4) is 16.9 Å². The molecule has 0 fully saturated rings. The summed E-state index contributed by atoms with van der Waals surface area (Å²) in [6, 6.07) is 19.1. The number of nitrogen functional groups attached to an aromatic ring is 1. The summed E-state index contributed by atoms with van der Waals surface area (Å²) in [5.41, 5.74) is 8.70. The van der Waals surface area contributed by atoms with Gasteiger partial charge < -0.3 is 15.6 Å². The molecule has 0 radical (unpaired) electrons. The van der Waals surface area contributed by atoms with Gasteiger partial charge in [0.1, 0.15) is 11.8 Å². The van der Waals surface area contributed by atoms with Crippen LogP contribution in [0.2, 0.25) is 0 Å². The maximum absolute atomic E-state index is 12.8. The molecule has 1 atom stereocenters. The Balaban J connectivity index is 1.77. The SMILES string of the molecule is CCOc1cccc(CC(NS(=O)(=O)c2ccc(-c3ccc(N)cc3)cc2)C(=O)O)c1. The van der Waals surface area contributed by atoms with E-state index in [-0.39, 0.29) is 11.3 Å². The first-order chi connectivity index (χ1) is 14.8. The first-order valence-corrected chi connectivity index (χ1v) is 11.2. The number of anilines is 1. The van der Waals surface area contributed by atoms with Gasteiger partial charge in [0.05, 0.1) is 11.5 Å². The fraction of sp³-hybridized carbons (Fsp3) is 0.174. The van der Waals surface area contributed by atoms with Crippen molar-refractivity contribution in [2.24, 2.45) is 0 Å². The molecule has 0 bridgehead atoms. The van der Waals surface area contributed by atoms with Crippen molar-refractivity contribution in [3.63, 3.8) is 0 Å². The molecule has 31 heavy (non-hydrogen) atoms. The summed E-state index contributed by atoms with van der Waals surface area (Å²) in [6.45, 7) is 2.32. The molecule has 7 nitrogen and oxygen atoms in total. The quantitative estimate of drug-likeness (QED) is 0.439. The molecule has 0 aliphatic heterocycles. The van der Waals surface area contributed by atoms with E-state index in [9.17, 15) is 18.3 Å². The number of hydrogen-bond donors (Lipinski definition) is 3. The van der Waals surface area contributed by atoms with Gasteiger partial charge in [-0.3, -0.25) is 4.79 Å². The Kier molecular flexibility index (Phi) is 6.94. The predicted octanol–water partition coefficient (Wildman–Crippen LogP) is 3.31. The fourth-order valence-corrected chi connectivity index (χ4v) is 4.29. The second-order valence-corrected chi connectivity index (χ2v) is 8.66. The monoisotopic (exact) mass is 440 g/mol. The highest BCUT2D eigenvalue weighted by atomic mass is 32.2. The van der Waals surface area contributed by atoms with Crippen LogP contribution in [0, 0.1) is 0 Å². The molecule has 8 heteroatoms. The van der Waals surface area contributed by atoms with Gasteiger partial charge in [0.25, 0.3) is 0 Å². The van der Waals surface area contributed by atoms with Crippen LogP contribution in [-0.4, -0.2) is 32.1 Å². The van der Waals surface area contributed by atoms with Crippen LogP contribution in [0.1, 0.15) is 12.5 Å². The molecule has 162 valence electrons. The molecule has 1 unspecified atom stereocenters. The first kappa shape index (κ1) is 22.3. The number of rotatable bonds is 9. The summed E-state index contributed by atoms with van der Waals surface area (Å²) in [7, 11) is -4.03. The van der Waals surface area contributed by atoms with E-state index in [1.807, 2.05) is 19.1 Å². The van der Waals surface area contributed by atoms with Crippen LogP contribution in [-0.2, 0) is 21.2 Å². The van der Waals surface area contributed by atoms with Crippen LogP contribution >= 0.6 is 0 Å². The van der Waals surface area contributed by atoms with Crippen molar-refractivity contribution >= 4 is 21.7 Å². The van der Waals surface area contributed by atoms with Gasteiger partial charge in [-0.2, -0.15) is 4.72 Å². The van der Waals surface area contributed by atoms with Gasteiger partial charge in [-0.25, -0.2) is 8.42 Å². The number of carbonyl (C=O) groups is 1. The minimum Gasteiger partial charge on any atom is -0.494 e. The van der Waals surface area contributed by atoms with E-state index in [1.165, 1.54) is 12.1 Å². The molecule has 3 aromatic rings. The lowest BCUT2D eigenvalue weighted by molar-refractivity contribution is -0.138. The lowest BCUT2D eigenvalue weighted by Crippen LogP contribution is -2.42. The van der Waals surface area contributed by atoms with Crippen LogP contribution in [0.25, 0.3) is 11.1 Å². The molecule has 4 N–H and O–H groups in total. The summed E-state index contributed by atoms with van der Waals surface area (Å²) in [5.74, 6) is -0.658. The zero-order chi connectivity index (χ0) is 22.4. The zero-order valence-corrected chi connectivity index (χ0v) is 17.8. The zero-order valence-electron chi connectivity index (χ0n) is 17.0. The van der Waals surface area contributed by atoms with Gasteiger partial charge in [-0.1, -0.05) is 36.4 Å². The third-order valence-corrected chi connectivity index (χ3v) is 6.14. The highest BCUT2D eigenvalue weighted by Crippen LogP contribution is 2.23.